The van der Waals surface area contributed by atoms with Crippen molar-refractivity contribution in [1.29, 1.82) is 0 Å². The molecule has 1 aliphatic rings. The molecular weight excluding hydrogens is 350 g/mol. The van der Waals surface area contributed by atoms with Crippen LogP contribution in [-0.4, -0.2) is 8.42 Å². The van der Waals surface area contributed by atoms with E-state index in [4.69, 9.17) is 0 Å². The van der Waals surface area contributed by atoms with Crippen LogP contribution in [-0.2, 0) is 29.4 Å². The first-order valence-electron chi connectivity index (χ1n) is 6.90. The summed E-state index contributed by atoms with van der Waals surface area (Å²) in [6.07, 6.45) is 3.15. The van der Waals surface area contributed by atoms with Gasteiger partial charge in [-0.3, -0.25) is 0 Å². The van der Waals surface area contributed by atoms with Crippen LogP contribution >= 0.6 is 15.9 Å². The van der Waals surface area contributed by atoms with Gasteiger partial charge in [-0.2, -0.15) is 0 Å². The number of aryl methyl sites for hydroxylation is 2. The molecule has 0 aromatic heterocycles. The van der Waals surface area contributed by atoms with Gasteiger partial charge in [0.25, 0.3) is 0 Å². The van der Waals surface area contributed by atoms with Gasteiger partial charge in [-0.1, -0.05) is 34.1 Å². The predicted molar refractivity (Wildman–Crippen MR) is 86.6 cm³/mol. The number of fused-ring (bicyclic) bond motifs is 1. The molecule has 0 fully saturated rings. The molecule has 2 aromatic carbocycles. The Morgan fingerprint density at radius 1 is 1.00 bits per heavy atom. The zero-order chi connectivity index (χ0) is 14.9. The molecular formula is C16H16BrNO2S. The zero-order valence-corrected chi connectivity index (χ0v) is 13.9. The Balaban J connectivity index is 1.76. The topological polar surface area (TPSA) is 46.2 Å². The van der Waals surface area contributed by atoms with Crippen LogP contribution in [0.5, 0.6) is 0 Å². The molecule has 0 amide bonds. The van der Waals surface area contributed by atoms with Crippen molar-refractivity contribution in [3.05, 3.63) is 63.6 Å². The lowest BCUT2D eigenvalue weighted by Crippen LogP contribution is -2.23. The number of rotatable bonds is 4. The minimum absolute atomic E-state index is 0.298. The van der Waals surface area contributed by atoms with E-state index in [1.807, 2.05) is 36.4 Å². The minimum atomic E-state index is -3.45. The SMILES string of the molecule is O=S(=O)(NCc1ccc(Br)cc1)c1ccc2c(c1)CCC2. The maximum atomic E-state index is 12.4. The number of nitrogens with one attached hydrogen (secondary N) is 1. The van der Waals surface area contributed by atoms with E-state index in [9.17, 15) is 8.42 Å². The largest absolute Gasteiger partial charge is 0.240 e. The fourth-order valence-electron chi connectivity index (χ4n) is 2.58. The third-order valence-electron chi connectivity index (χ3n) is 3.76. The average molecular weight is 366 g/mol. The highest BCUT2D eigenvalue weighted by Crippen LogP contribution is 2.24. The first-order chi connectivity index (χ1) is 10.0. The Kier molecular flexibility index (Phi) is 4.15. The molecule has 0 spiro atoms. The van der Waals surface area contributed by atoms with Gasteiger partial charge in [-0.25, -0.2) is 13.1 Å². The number of benzene rings is 2. The molecule has 1 N–H and O–H groups in total. The van der Waals surface area contributed by atoms with E-state index in [1.165, 1.54) is 11.1 Å². The summed E-state index contributed by atoms with van der Waals surface area (Å²) in [5, 5.41) is 0. The Bertz CT molecular complexity index is 754. The van der Waals surface area contributed by atoms with E-state index in [-0.39, 0.29) is 0 Å². The summed E-state index contributed by atoms with van der Waals surface area (Å²) in [5.41, 5.74) is 3.38. The van der Waals surface area contributed by atoms with Gasteiger partial charge in [0.2, 0.25) is 10.0 Å². The van der Waals surface area contributed by atoms with Crippen LogP contribution in [0, 0.1) is 0 Å². The summed E-state index contributed by atoms with van der Waals surface area (Å²) in [7, 11) is -3.45. The average Bonchev–Trinajstić information content (AvgIpc) is 2.94. The highest BCUT2D eigenvalue weighted by molar-refractivity contribution is 9.10. The smallest absolute Gasteiger partial charge is 0.207 e. The number of hydrogen-bond donors (Lipinski definition) is 1. The summed E-state index contributed by atoms with van der Waals surface area (Å²) in [4.78, 5) is 0.361. The Labute approximate surface area is 133 Å². The molecule has 0 saturated carbocycles. The van der Waals surface area contributed by atoms with Crippen molar-refractivity contribution in [3.63, 3.8) is 0 Å². The fourth-order valence-corrected chi connectivity index (χ4v) is 3.91. The molecule has 0 atom stereocenters. The lowest BCUT2D eigenvalue weighted by molar-refractivity contribution is 0.581. The van der Waals surface area contributed by atoms with E-state index in [2.05, 4.69) is 20.7 Å². The van der Waals surface area contributed by atoms with Crippen molar-refractivity contribution in [2.75, 3.05) is 0 Å². The van der Waals surface area contributed by atoms with E-state index >= 15 is 0 Å². The van der Waals surface area contributed by atoms with Crippen molar-refractivity contribution >= 4 is 26.0 Å². The molecule has 0 aliphatic heterocycles. The monoisotopic (exact) mass is 365 g/mol. The highest BCUT2D eigenvalue weighted by atomic mass is 79.9. The van der Waals surface area contributed by atoms with Crippen molar-refractivity contribution in [2.24, 2.45) is 0 Å². The predicted octanol–water partition coefficient (Wildman–Crippen LogP) is 3.42. The maximum absolute atomic E-state index is 12.4. The van der Waals surface area contributed by atoms with E-state index in [0.717, 1.165) is 29.3 Å². The third-order valence-corrected chi connectivity index (χ3v) is 5.69. The Hall–Kier alpha value is -1.17. The van der Waals surface area contributed by atoms with Gasteiger partial charge in [0.15, 0.2) is 0 Å². The van der Waals surface area contributed by atoms with Gasteiger partial charge in [0.1, 0.15) is 0 Å². The standard InChI is InChI=1S/C16H16BrNO2S/c17-15-7-4-12(5-8-15)11-18-21(19,20)16-9-6-13-2-1-3-14(13)10-16/h4-10,18H,1-3,11H2. The molecule has 0 unspecified atom stereocenters. The second-order valence-corrected chi connectivity index (χ2v) is 7.92. The quantitative estimate of drug-likeness (QED) is 0.901. The molecule has 1 aliphatic carbocycles. The van der Waals surface area contributed by atoms with E-state index in [1.54, 1.807) is 6.07 Å². The van der Waals surface area contributed by atoms with E-state index in [0.29, 0.717) is 11.4 Å². The normalized spacial score (nSPS) is 14.1. The molecule has 3 rings (SSSR count). The molecule has 0 bridgehead atoms. The lowest BCUT2D eigenvalue weighted by Gasteiger charge is -2.09. The number of halogens is 1. The minimum Gasteiger partial charge on any atom is -0.207 e. The van der Waals surface area contributed by atoms with Gasteiger partial charge in [0.05, 0.1) is 4.90 Å². The molecule has 3 nitrogen and oxygen atoms in total. The molecule has 0 heterocycles. The molecule has 0 radical (unpaired) electrons. The maximum Gasteiger partial charge on any atom is 0.240 e. The van der Waals surface area contributed by atoms with Gasteiger partial charge in [-0.15, -0.1) is 0 Å². The van der Waals surface area contributed by atoms with Crippen LogP contribution in [0.4, 0.5) is 0 Å². The van der Waals surface area contributed by atoms with Crippen LogP contribution in [0.1, 0.15) is 23.1 Å². The van der Waals surface area contributed by atoms with Crippen molar-refractivity contribution in [1.82, 2.24) is 4.72 Å². The fraction of sp³-hybridized carbons (Fsp3) is 0.250. The van der Waals surface area contributed by atoms with E-state index < -0.39 is 10.0 Å². The first-order valence-corrected chi connectivity index (χ1v) is 9.18. The van der Waals surface area contributed by atoms with Gasteiger partial charge in [0, 0.05) is 11.0 Å². The van der Waals surface area contributed by atoms with Crippen LogP contribution < -0.4 is 4.72 Å². The van der Waals surface area contributed by atoms with Crippen LogP contribution in [0.3, 0.4) is 0 Å². The second-order valence-electron chi connectivity index (χ2n) is 5.24. The molecule has 5 heteroatoms. The van der Waals surface area contributed by atoms with Crippen LogP contribution in [0.25, 0.3) is 0 Å². The van der Waals surface area contributed by atoms with Gasteiger partial charge < -0.3 is 0 Å². The summed E-state index contributed by atoms with van der Waals surface area (Å²) < 4.78 is 28.3. The summed E-state index contributed by atoms with van der Waals surface area (Å²) >= 11 is 3.36. The number of sulfonamides is 1. The van der Waals surface area contributed by atoms with Crippen molar-refractivity contribution in [3.8, 4) is 0 Å². The highest BCUT2D eigenvalue weighted by Gasteiger charge is 2.18. The second kappa shape index (κ2) is 5.91. The summed E-state index contributed by atoms with van der Waals surface area (Å²) in [5.74, 6) is 0. The summed E-state index contributed by atoms with van der Waals surface area (Å²) in [6, 6.07) is 13.1. The third kappa shape index (κ3) is 3.36. The first kappa shape index (κ1) is 14.8. The molecule has 21 heavy (non-hydrogen) atoms. The summed E-state index contributed by atoms with van der Waals surface area (Å²) in [6.45, 7) is 0.298. The van der Waals surface area contributed by atoms with Crippen LogP contribution in [0.15, 0.2) is 51.8 Å². The number of hydrogen-bond acceptors (Lipinski definition) is 2. The van der Waals surface area contributed by atoms with Crippen LogP contribution in [0.2, 0.25) is 0 Å². The Morgan fingerprint density at radius 3 is 2.48 bits per heavy atom. The lowest BCUT2D eigenvalue weighted by atomic mass is 10.1. The molecule has 2 aromatic rings. The Morgan fingerprint density at radius 2 is 1.71 bits per heavy atom. The van der Waals surface area contributed by atoms with Gasteiger partial charge >= 0.3 is 0 Å². The zero-order valence-electron chi connectivity index (χ0n) is 11.5. The van der Waals surface area contributed by atoms with Crippen molar-refractivity contribution in [2.45, 2.75) is 30.7 Å². The van der Waals surface area contributed by atoms with Gasteiger partial charge in [-0.05, 0) is 60.2 Å². The molecule has 110 valence electrons. The van der Waals surface area contributed by atoms with Crippen molar-refractivity contribution < 1.29 is 8.42 Å². The molecule has 0 saturated heterocycles.